The van der Waals surface area contributed by atoms with Gasteiger partial charge in [0.2, 0.25) is 0 Å². The Hall–Kier alpha value is -0.800. The fraction of sp³-hybridized carbons (Fsp3) is 0.429. The van der Waals surface area contributed by atoms with Crippen molar-refractivity contribution < 1.29 is 4.42 Å². The first-order valence-electron chi connectivity index (χ1n) is 6.21. The van der Waals surface area contributed by atoms with Gasteiger partial charge in [-0.25, -0.2) is 0 Å². The molecule has 1 aliphatic rings. The van der Waals surface area contributed by atoms with E-state index in [1.807, 2.05) is 6.07 Å². The minimum Gasteiger partial charge on any atom is -0.458 e. The van der Waals surface area contributed by atoms with Crippen LogP contribution in [0.5, 0.6) is 0 Å². The van der Waals surface area contributed by atoms with Crippen molar-refractivity contribution in [1.29, 1.82) is 0 Å². The van der Waals surface area contributed by atoms with Crippen LogP contribution in [0.2, 0.25) is 0 Å². The fourth-order valence-corrected chi connectivity index (χ4v) is 2.69. The molecule has 1 aliphatic carbocycles. The Labute approximate surface area is 110 Å². The number of furan rings is 1. The molecule has 17 heavy (non-hydrogen) atoms. The van der Waals surface area contributed by atoms with Gasteiger partial charge >= 0.3 is 0 Å². The van der Waals surface area contributed by atoms with Crippen molar-refractivity contribution in [1.82, 2.24) is 5.32 Å². The number of hydrogen-bond acceptors (Lipinski definition) is 2. The number of benzene rings is 1. The topological polar surface area (TPSA) is 25.2 Å². The normalized spacial score (nSPS) is 15.6. The fourth-order valence-electron chi connectivity index (χ4n) is 2.24. The zero-order valence-electron chi connectivity index (χ0n) is 9.92. The Morgan fingerprint density at radius 2 is 2.24 bits per heavy atom. The van der Waals surface area contributed by atoms with E-state index in [1.165, 1.54) is 23.8 Å². The molecular weight excluding hydrogens is 278 g/mol. The van der Waals surface area contributed by atoms with Crippen molar-refractivity contribution in [3.8, 4) is 0 Å². The number of para-hydroxylation sites is 1. The van der Waals surface area contributed by atoms with E-state index in [2.05, 4.69) is 40.3 Å². The van der Waals surface area contributed by atoms with Crippen molar-refractivity contribution in [2.45, 2.75) is 38.8 Å². The summed E-state index contributed by atoms with van der Waals surface area (Å²) in [6, 6.07) is 6.96. The van der Waals surface area contributed by atoms with E-state index in [-0.39, 0.29) is 0 Å². The number of fused-ring (bicyclic) bond motifs is 1. The highest BCUT2D eigenvalue weighted by Crippen LogP contribution is 2.32. The van der Waals surface area contributed by atoms with Gasteiger partial charge < -0.3 is 9.73 Å². The lowest BCUT2D eigenvalue weighted by Crippen LogP contribution is -2.15. The van der Waals surface area contributed by atoms with Gasteiger partial charge in [0.1, 0.15) is 11.3 Å². The quantitative estimate of drug-likeness (QED) is 0.921. The summed E-state index contributed by atoms with van der Waals surface area (Å²) >= 11 is 3.55. The molecule has 0 unspecified atom stereocenters. The lowest BCUT2D eigenvalue weighted by atomic mass is 10.1. The Balaban J connectivity index is 2.00. The predicted molar refractivity (Wildman–Crippen MR) is 73.2 cm³/mol. The van der Waals surface area contributed by atoms with E-state index < -0.39 is 0 Å². The van der Waals surface area contributed by atoms with Crippen molar-refractivity contribution in [3.05, 3.63) is 34.0 Å². The predicted octanol–water partition coefficient (Wildman–Crippen LogP) is 4.01. The summed E-state index contributed by atoms with van der Waals surface area (Å²) in [4.78, 5) is 0. The maximum atomic E-state index is 5.99. The lowest BCUT2D eigenvalue weighted by Gasteiger charge is -2.01. The van der Waals surface area contributed by atoms with Crippen LogP contribution in [0.15, 0.2) is 27.1 Å². The van der Waals surface area contributed by atoms with E-state index in [1.54, 1.807) is 0 Å². The molecular formula is C14H16BrNO. The lowest BCUT2D eigenvalue weighted by molar-refractivity contribution is 0.506. The van der Waals surface area contributed by atoms with Crippen LogP contribution in [-0.4, -0.2) is 6.04 Å². The van der Waals surface area contributed by atoms with E-state index in [9.17, 15) is 0 Å². The third-order valence-electron chi connectivity index (χ3n) is 3.34. The van der Waals surface area contributed by atoms with Crippen LogP contribution in [0.3, 0.4) is 0 Å². The van der Waals surface area contributed by atoms with Gasteiger partial charge in [-0.1, -0.05) is 19.1 Å². The largest absolute Gasteiger partial charge is 0.458 e. The van der Waals surface area contributed by atoms with E-state index >= 15 is 0 Å². The van der Waals surface area contributed by atoms with Gasteiger partial charge in [0.15, 0.2) is 0 Å². The summed E-state index contributed by atoms with van der Waals surface area (Å²) in [6.45, 7) is 3.04. The molecule has 2 nitrogen and oxygen atoms in total. The summed E-state index contributed by atoms with van der Waals surface area (Å²) in [5.74, 6) is 1.10. The van der Waals surface area contributed by atoms with Gasteiger partial charge in [-0.3, -0.25) is 0 Å². The highest BCUT2D eigenvalue weighted by Gasteiger charge is 2.22. The van der Waals surface area contributed by atoms with Crippen LogP contribution in [0.1, 0.15) is 31.1 Å². The Kier molecular flexibility index (Phi) is 2.97. The molecule has 90 valence electrons. The third kappa shape index (κ3) is 2.14. The summed E-state index contributed by atoms with van der Waals surface area (Å²) in [7, 11) is 0. The van der Waals surface area contributed by atoms with Crippen LogP contribution in [0, 0.1) is 0 Å². The molecule has 0 bridgehead atoms. The maximum absolute atomic E-state index is 5.99. The Bertz CT molecular complexity index is 542. The molecule has 0 saturated heterocycles. The van der Waals surface area contributed by atoms with Gasteiger partial charge in [0.05, 0.1) is 11.0 Å². The summed E-state index contributed by atoms with van der Waals surface area (Å²) in [6.07, 6.45) is 3.64. The molecule has 3 rings (SSSR count). The second-order valence-electron chi connectivity index (χ2n) is 4.63. The zero-order valence-corrected chi connectivity index (χ0v) is 11.5. The molecule has 1 aromatic carbocycles. The molecule has 1 N–H and O–H groups in total. The number of halogens is 1. The van der Waals surface area contributed by atoms with Gasteiger partial charge in [-0.15, -0.1) is 0 Å². The number of nitrogens with one attached hydrogen (secondary N) is 1. The van der Waals surface area contributed by atoms with Crippen LogP contribution in [-0.2, 0) is 13.0 Å². The van der Waals surface area contributed by atoms with Crippen molar-refractivity contribution >= 4 is 26.9 Å². The number of aryl methyl sites for hydroxylation is 1. The molecule has 0 spiro atoms. The van der Waals surface area contributed by atoms with E-state index in [0.717, 1.165) is 34.8 Å². The molecule has 2 aromatic rings. The third-order valence-corrected chi connectivity index (χ3v) is 3.96. The van der Waals surface area contributed by atoms with Gasteiger partial charge in [-0.05, 0) is 41.3 Å². The van der Waals surface area contributed by atoms with Crippen LogP contribution in [0.25, 0.3) is 11.0 Å². The van der Waals surface area contributed by atoms with Gasteiger partial charge in [0, 0.05) is 17.0 Å². The Morgan fingerprint density at radius 1 is 1.41 bits per heavy atom. The first-order chi connectivity index (χ1) is 8.29. The first kappa shape index (κ1) is 11.3. The molecule has 1 saturated carbocycles. The smallest absolute Gasteiger partial charge is 0.148 e. The Morgan fingerprint density at radius 3 is 2.94 bits per heavy atom. The maximum Gasteiger partial charge on any atom is 0.148 e. The zero-order chi connectivity index (χ0) is 11.8. The SMILES string of the molecule is CCc1c(CNC2CC2)oc2c(Br)cccc12. The second-order valence-corrected chi connectivity index (χ2v) is 5.48. The first-order valence-corrected chi connectivity index (χ1v) is 7.01. The summed E-state index contributed by atoms with van der Waals surface area (Å²) in [5, 5.41) is 4.76. The highest BCUT2D eigenvalue weighted by molar-refractivity contribution is 9.10. The van der Waals surface area contributed by atoms with E-state index in [4.69, 9.17) is 4.42 Å². The minimum absolute atomic E-state index is 0.719. The average molecular weight is 294 g/mol. The highest BCUT2D eigenvalue weighted by atomic mass is 79.9. The average Bonchev–Trinajstić information content (AvgIpc) is 3.08. The van der Waals surface area contributed by atoms with Gasteiger partial charge in [0.25, 0.3) is 0 Å². The number of hydrogen-bond donors (Lipinski definition) is 1. The van der Waals surface area contributed by atoms with E-state index in [0.29, 0.717) is 0 Å². The monoisotopic (exact) mass is 293 g/mol. The van der Waals surface area contributed by atoms with Gasteiger partial charge in [-0.2, -0.15) is 0 Å². The van der Waals surface area contributed by atoms with Crippen molar-refractivity contribution in [2.24, 2.45) is 0 Å². The van der Waals surface area contributed by atoms with Crippen molar-refractivity contribution in [3.63, 3.8) is 0 Å². The molecule has 1 heterocycles. The molecule has 0 aliphatic heterocycles. The molecule has 0 amide bonds. The second kappa shape index (κ2) is 4.46. The minimum atomic E-state index is 0.719. The van der Waals surface area contributed by atoms with Crippen LogP contribution in [0.4, 0.5) is 0 Å². The molecule has 0 radical (unpaired) electrons. The molecule has 1 fully saturated rings. The molecule has 3 heteroatoms. The van der Waals surface area contributed by atoms with Crippen LogP contribution >= 0.6 is 15.9 Å². The van der Waals surface area contributed by atoms with Crippen molar-refractivity contribution in [2.75, 3.05) is 0 Å². The molecule has 0 atom stereocenters. The number of rotatable bonds is 4. The summed E-state index contributed by atoms with van der Waals surface area (Å²) in [5.41, 5.74) is 2.33. The molecule has 1 aromatic heterocycles. The van der Waals surface area contributed by atoms with Crippen LogP contribution < -0.4 is 5.32 Å². The standard InChI is InChI=1S/C14H16BrNO/c1-2-10-11-4-3-5-12(15)14(11)17-13(10)8-16-9-6-7-9/h3-5,9,16H,2,6-8H2,1H3. The summed E-state index contributed by atoms with van der Waals surface area (Å²) < 4.78 is 7.03.